The van der Waals surface area contributed by atoms with E-state index in [1.807, 2.05) is 0 Å². The highest BCUT2D eigenvalue weighted by atomic mass is 14.8. The van der Waals surface area contributed by atoms with E-state index in [1.54, 1.807) is 0 Å². The molecule has 0 aromatic rings. The first-order valence-electron chi connectivity index (χ1n) is 1.69. The van der Waals surface area contributed by atoms with Crippen molar-refractivity contribution < 1.29 is 5.32 Å². The largest absolute Gasteiger partial charge is 0.349 e. The molecule has 0 amide bonds. The van der Waals surface area contributed by atoms with Crippen molar-refractivity contribution in [2.24, 2.45) is 0 Å². The third-order valence-corrected chi connectivity index (χ3v) is 0.408. The Labute approximate surface area is 27.0 Å². The Bertz CT molecular complexity index is 5.25. The fourth-order valence-corrected chi connectivity index (χ4v) is 0. The summed E-state index contributed by atoms with van der Waals surface area (Å²) in [6, 6.07) is 0. The lowest BCUT2D eigenvalue weighted by molar-refractivity contribution is -0.623. The van der Waals surface area contributed by atoms with Crippen LogP contribution in [-0.4, -0.2) is 13.6 Å². The molecule has 0 saturated heterocycles. The van der Waals surface area contributed by atoms with E-state index in [2.05, 4.69) is 19.3 Å². The van der Waals surface area contributed by atoms with Crippen LogP contribution in [0, 0.1) is 0 Å². The lowest BCUT2D eigenvalue weighted by Crippen LogP contribution is -2.78. The van der Waals surface area contributed by atoms with Gasteiger partial charge in [0.25, 0.3) is 0 Å². The summed E-state index contributed by atoms with van der Waals surface area (Å²) in [6.07, 6.45) is 0. The van der Waals surface area contributed by atoms with E-state index in [-0.39, 0.29) is 0 Å². The van der Waals surface area contributed by atoms with Crippen LogP contribution in [0.1, 0.15) is 6.92 Å². The first-order valence-corrected chi connectivity index (χ1v) is 1.69. The van der Waals surface area contributed by atoms with Gasteiger partial charge >= 0.3 is 0 Å². The highest BCUT2D eigenvalue weighted by Crippen LogP contribution is 1.18. The van der Waals surface area contributed by atoms with Crippen LogP contribution in [0.3, 0.4) is 0 Å². The molecule has 4 heavy (non-hydrogen) atoms. The first-order chi connectivity index (χ1) is 1.91. The van der Waals surface area contributed by atoms with Crippen LogP contribution in [-0.2, 0) is 0 Å². The van der Waals surface area contributed by atoms with E-state index >= 15 is 0 Å². The van der Waals surface area contributed by atoms with E-state index < -0.39 is 0 Å². The SMILES string of the molecule is CC[NH2+]C. The lowest BCUT2D eigenvalue weighted by atomic mass is 10.8. The minimum absolute atomic E-state index is 1.19. The molecule has 0 aromatic carbocycles. The minimum atomic E-state index is 1.19. The standard InChI is InChI=1S/C3H9N/c1-3-4-2/h4H,3H2,1-2H3/p+1. The quantitative estimate of drug-likeness (QED) is 0.408. The van der Waals surface area contributed by atoms with Crippen molar-refractivity contribution in [2.75, 3.05) is 13.6 Å². The monoisotopic (exact) mass is 60.1 g/mol. The molecule has 0 radical (unpaired) electrons. The van der Waals surface area contributed by atoms with Gasteiger partial charge < -0.3 is 5.32 Å². The van der Waals surface area contributed by atoms with Gasteiger partial charge in [-0.05, 0) is 6.92 Å². The maximum Gasteiger partial charge on any atom is 0.0724 e. The maximum atomic E-state index is 2.12. The fourth-order valence-electron chi connectivity index (χ4n) is 0. The molecule has 1 nitrogen and oxygen atoms in total. The number of hydrogen-bond donors (Lipinski definition) is 1. The van der Waals surface area contributed by atoms with Crippen LogP contribution in [0.15, 0.2) is 0 Å². The zero-order valence-electron chi connectivity index (χ0n) is 3.28. The summed E-state index contributed by atoms with van der Waals surface area (Å²) >= 11 is 0. The number of nitrogens with two attached hydrogens (primary N) is 1. The van der Waals surface area contributed by atoms with Crippen molar-refractivity contribution in [3.63, 3.8) is 0 Å². The second kappa shape index (κ2) is 2.96. The molecule has 0 spiro atoms. The summed E-state index contributed by atoms with van der Waals surface area (Å²) in [6.45, 7) is 3.32. The summed E-state index contributed by atoms with van der Waals surface area (Å²) in [5.74, 6) is 0. The van der Waals surface area contributed by atoms with Gasteiger partial charge in [0.2, 0.25) is 0 Å². The van der Waals surface area contributed by atoms with Gasteiger partial charge in [0.1, 0.15) is 0 Å². The van der Waals surface area contributed by atoms with Gasteiger partial charge in [-0.1, -0.05) is 0 Å². The molecule has 0 aromatic heterocycles. The van der Waals surface area contributed by atoms with Crippen LogP contribution >= 0.6 is 0 Å². The molecule has 0 rings (SSSR count). The molecule has 0 heterocycles. The summed E-state index contributed by atoms with van der Waals surface area (Å²) in [4.78, 5) is 0. The molecular weight excluding hydrogens is 50.0 g/mol. The van der Waals surface area contributed by atoms with Crippen molar-refractivity contribution >= 4 is 0 Å². The molecule has 0 aliphatic carbocycles. The predicted molar refractivity (Wildman–Crippen MR) is 18.4 cm³/mol. The predicted octanol–water partition coefficient (Wildman–Crippen LogP) is -0.801. The van der Waals surface area contributed by atoms with E-state index in [0.29, 0.717) is 0 Å². The van der Waals surface area contributed by atoms with Gasteiger partial charge in [0, 0.05) is 0 Å². The Kier molecular flexibility index (Phi) is 2.93. The van der Waals surface area contributed by atoms with Crippen LogP contribution in [0.25, 0.3) is 0 Å². The van der Waals surface area contributed by atoms with Crippen LogP contribution < -0.4 is 5.32 Å². The van der Waals surface area contributed by atoms with Crippen molar-refractivity contribution in [1.82, 2.24) is 0 Å². The van der Waals surface area contributed by atoms with Crippen molar-refractivity contribution in [1.29, 1.82) is 0 Å². The highest BCUT2D eigenvalue weighted by Gasteiger charge is 1.54. The summed E-state index contributed by atoms with van der Waals surface area (Å²) < 4.78 is 0. The fraction of sp³-hybridized carbons (Fsp3) is 1.00. The maximum absolute atomic E-state index is 2.12. The summed E-state index contributed by atoms with van der Waals surface area (Å²) in [7, 11) is 2.06. The summed E-state index contributed by atoms with van der Waals surface area (Å²) in [5.41, 5.74) is 0. The first kappa shape index (κ1) is 3.96. The van der Waals surface area contributed by atoms with Gasteiger partial charge in [-0.2, -0.15) is 0 Å². The minimum Gasteiger partial charge on any atom is -0.349 e. The Morgan fingerprint density at radius 1 is 1.75 bits per heavy atom. The van der Waals surface area contributed by atoms with Crippen molar-refractivity contribution in [3.05, 3.63) is 0 Å². The number of quaternary nitrogens is 1. The molecule has 0 bridgehead atoms. The van der Waals surface area contributed by atoms with Gasteiger partial charge in [0.15, 0.2) is 0 Å². The number of rotatable bonds is 1. The van der Waals surface area contributed by atoms with Gasteiger partial charge in [-0.3, -0.25) is 0 Å². The molecular formula is C3H10N+. The Hall–Kier alpha value is -0.0400. The van der Waals surface area contributed by atoms with Gasteiger partial charge in [0.05, 0.1) is 13.6 Å². The Morgan fingerprint density at radius 3 is 2.00 bits per heavy atom. The molecule has 0 fully saturated rings. The molecule has 26 valence electrons. The van der Waals surface area contributed by atoms with Crippen LogP contribution in [0.2, 0.25) is 0 Å². The molecule has 0 atom stereocenters. The Balaban J connectivity index is 1.97. The van der Waals surface area contributed by atoms with Crippen molar-refractivity contribution in [2.45, 2.75) is 6.92 Å². The smallest absolute Gasteiger partial charge is 0.0724 e. The molecule has 0 aliphatic rings. The average Bonchev–Trinajstić information content (AvgIpc) is 1.37. The Morgan fingerprint density at radius 2 is 2.00 bits per heavy atom. The van der Waals surface area contributed by atoms with E-state index in [4.69, 9.17) is 0 Å². The van der Waals surface area contributed by atoms with Crippen LogP contribution in [0.4, 0.5) is 0 Å². The highest BCUT2D eigenvalue weighted by molar-refractivity contribution is 3.84. The van der Waals surface area contributed by atoms with E-state index in [0.717, 1.165) is 0 Å². The summed E-state index contributed by atoms with van der Waals surface area (Å²) in [5, 5.41) is 2.12. The number of hydrogen-bond acceptors (Lipinski definition) is 0. The van der Waals surface area contributed by atoms with Crippen LogP contribution in [0.5, 0.6) is 0 Å². The molecule has 0 saturated carbocycles. The van der Waals surface area contributed by atoms with Gasteiger partial charge in [-0.25, -0.2) is 0 Å². The topological polar surface area (TPSA) is 16.6 Å². The second-order valence-corrected chi connectivity index (χ2v) is 0.816. The lowest BCUT2D eigenvalue weighted by Gasteiger charge is -1.73. The third kappa shape index (κ3) is 1.96. The third-order valence-electron chi connectivity index (χ3n) is 0.408. The second-order valence-electron chi connectivity index (χ2n) is 0.816. The van der Waals surface area contributed by atoms with E-state index in [9.17, 15) is 0 Å². The molecule has 1 heteroatoms. The van der Waals surface area contributed by atoms with Crippen molar-refractivity contribution in [3.8, 4) is 0 Å². The average molecular weight is 60.1 g/mol. The van der Waals surface area contributed by atoms with E-state index in [1.165, 1.54) is 6.54 Å². The molecule has 0 aliphatic heterocycles. The van der Waals surface area contributed by atoms with Gasteiger partial charge in [-0.15, -0.1) is 0 Å². The normalized spacial score (nSPS) is 7.50. The molecule has 2 N–H and O–H groups in total. The molecule has 0 unspecified atom stereocenters. The zero-order valence-corrected chi connectivity index (χ0v) is 3.28. The zero-order chi connectivity index (χ0) is 3.41.